The van der Waals surface area contributed by atoms with Gasteiger partial charge in [-0.3, -0.25) is 0 Å². The van der Waals surface area contributed by atoms with E-state index >= 15 is 0 Å². The van der Waals surface area contributed by atoms with Crippen molar-refractivity contribution in [1.29, 1.82) is 0 Å². The third-order valence-electron chi connectivity index (χ3n) is 3.98. The van der Waals surface area contributed by atoms with E-state index in [0.717, 1.165) is 25.3 Å². The molecule has 0 aromatic rings. The van der Waals surface area contributed by atoms with Gasteiger partial charge in [-0.05, 0) is 37.0 Å². The molecule has 0 spiro atoms. The lowest BCUT2D eigenvalue weighted by Gasteiger charge is -2.31. The maximum atomic E-state index is 11.8. The number of hydrogen-bond acceptors (Lipinski definition) is 3. The van der Waals surface area contributed by atoms with Crippen LogP contribution in [0.3, 0.4) is 0 Å². The lowest BCUT2D eigenvalue weighted by molar-refractivity contribution is 0.241. The molecule has 0 aliphatic heterocycles. The molecule has 1 N–H and O–H groups in total. The average Bonchev–Trinajstić information content (AvgIpc) is 3.08. The fourth-order valence-corrected chi connectivity index (χ4v) is 4.06. The highest BCUT2D eigenvalue weighted by molar-refractivity contribution is 7.91. The monoisotopic (exact) mass is 275 g/mol. The minimum Gasteiger partial charge on any atom is -0.314 e. The number of rotatable bonds is 9. The van der Waals surface area contributed by atoms with E-state index in [-0.39, 0.29) is 5.41 Å². The highest BCUT2D eigenvalue weighted by atomic mass is 32.2. The first-order chi connectivity index (χ1) is 8.29. The second-order valence-corrected chi connectivity index (χ2v) is 8.67. The second-order valence-electron chi connectivity index (χ2n) is 6.37. The van der Waals surface area contributed by atoms with Crippen LogP contribution in [-0.2, 0) is 9.84 Å². The summed E-state index contributed by atoms with van der Waals surface area (Å²) in [5.74, 6) is 1.42. The Morgan fingerprint density at radius 1 is 1.28 bits per heavy atom. The standard InChI is InChI=1S/C14H29NO2S/c1-5-9-18(16,17)10-8-14(4,13-6-7-13)11-15-12(2)3/h12-13,15H,5-11H2,1-4H3. The Morgan fingerprint density at radius 3 is 2.33 bits per heavy atom. The molecule has 1 unspecified atom stereocenters. The third-order valence-corrected chi connectivity index (χ3v) is 5.83. The fourth-order valence-electron chi connectivity index (χ4n) is 2.46. The molecule has 0 radical (unpaired) electrons. The van der Waals surface area contributed by atoms with Gasteiger partial charge in [-0.15, -0.1) is 0 Å². The van der Waals surface area contributed by atoms with E-state index < -0.39 is 9.84 Å². The van der Waals surface area contributed by atoms with Crippen molar-refractivity contribution in [1.82, 2.24) is 5.32 Å². The summed E-state index contributed by atoms with van der Waals surface area (Å²) in [7, 11) is -2.84. The van der Waals surface area contributed by atoms with Crippen LogP contribution in [0.25, 0.3) is 0 Å². The molecule has 1 aliphatic carbocycles. The van der Waals surface area contributed by atoms with E-state index in [1.165, 1.54) is 12.8 Å². The zero-order chi connectivity index (χ0) is 13.8. The lowest BCUT2D eigenvalue weighted by atomic mass is 9.82. The van der Waals surface area contributed by atoms with Crippen molar-refractivity contribution in [3.05, 3.63) is 0 Å². The van der Waals surface area contributed by atoms with Crippen LogP contribution >= 0.6 is 0 Å². The Bertz CT molecular complexity index is 347. The molecular formula is C14H29NO2S. The van der Waals surface area contributed by atoms with E-state index in [4.69, 9.17) is 0 Å². The first kappa shape index (κ1) is 16.0. The Hall–Kier alpha value is -0.0900. The van der Waals surface area contributed by atoms with Crippen LogP contribution in [0.4, 0.5) is 0 Å². The molecule has 1 atom stereocenters. The van der Waals surface area contributed by atoms with Gasteiger partial charge in [0, 0.05) is 18.3 Å². The van der Waals surface area contributed by atoms with Gasteiger partial charge in [0.25, 0.3) is 0 Å². The predicted molar refractivity (Wildman–Crippen MR) is 77.5 cm³/mol. The molecular weight excluding hydrogens is 246 g/mol. The summed E-state index contributed by atoms with van der Waals surface area (Å²) < 4.78 is 23.7. The number of hydrogen-bond donors (Lipinski definition) is 1. The quantitative estimate of drug-likeness (QED) is 0.703. The van der Waals surface area contributed by atoms with Crippen LogP contribution in [-0.4, -0.2) is 32.5 Å². The maximum Gasteiger partial charge on any atom is 0.150 e. The van der Waals surface area contributed by atoms with Crippen molar-refractivity contribution in [2.75, 3.05) is 18.1 Å². The molecule has 3 nitrogen and oxygen atoms in total. The SMILES string of the molecule is CCCS(=O)(=O)CCC(C)(CNC(C)C)C1CC1. The Labute approximate surface area is 113 Å². The van der Waals surface area contributed by atoms with Gasteiger partial charge in [0.15, 0.2) is 0 Å². The van der Waals surface area contributed by atoms with Gasteiger partial charge in [-0.25, -0.2) is 8.42 Å². The summed E-state index contributed by atoms with van der Waals surface area (Å²) in [6.45, 7) is 9.40. The molecule has 0 bridgehead atoms. The molecule has 108 valence electrons. The molecule has 4 heteroatoms. The van der Waals surface area contributed by atoms with Gasteiger partial charge in [0.05, 0.1) is 5.75 Å². The minimum atomic E-state index is -2.84. The molecule has 18 heavy (non-hydrogen) atoms. The Balaban J connectivity index is 2.52. The second kappa shape index (κ2) is 6.38. The number of nitrogens with one attached hydrogen (secondary N) is 1. The fraction of sp³-hybridized carbons (Fsp3) is 1.00. The third kappa shape index (κ3) is 5.27. The molecule has 0 amide bonds. The Kier molecular flexibility index (Phi) is 5.66. The van der Waals surface area contributed by atoms with E-state index in [1.54, 1.807) is 0 Å². The summed E-state index contributed by atoms with van der Waals surface area (Å²) in [5, 5.41) is 3.48. The van der Waals surface area contributed by atoms with Crippen LogP contribution < -0.4 is 5.32 Å². The van der Waals surface area contributed by atoms with Gasteiger partial charge < -0.3 is 5.32 Å². The van der Waals surface area contributed by atoms with Crippen LogP contribution in [0.2, 0.25) is 0 Å². The average molecular weight is 275 g/mol. The molecule has 0 heterocycles. The van der Waals surface area contributed by atoms with Crippen LogP contribution in [0.15, 0.2) is 0 Å². The van der Waals surface area contributed by atoms with Crippen molar-refractivity contribution in [3.63, 3.8) is 0 Å². The Morgan fingerprint density at radius 2 is 1.89 bits per heavy atom. The van der Waals surface area contributed by atoms with Gasteiger partial charge in [0.1, 0.15) is 9.84 Å². The van der Waals surface area contributed by atoms with E-state index in [0.29, 0.717) is 17.5 Å². The molecule has 1 aliphatic rings. The van der Waals surface area contributed by atoms with E-state index in [9.17, 15) is 8.42 Å². The summed E-state index contributed by atoms with van der Waals surface area (Å²) in [6.07, 6.45) is 4.07. The molecule has 0 aromatic carbocycles. The van der Waals surface area contributed by atoms with E-state index in [1.807, 2.05) is 6.92 Å². The predicted octanol–water partition coefficient (Wildman–Crippen LogP) is 2.62. The summed E-state index contributed by atoms with van der Waals surface area (Å²) >= 11 is 0. The van der Waals surface area contributed by atoms with Gasteiger partial charge in [-0.1, -0.05) is 27.7 Å². The zero-order valence-corrected chi connectivity index (χ0v) is 13.1. The molecule has 0 saturated heterocycles. The molecule has 1 saturated carbocycles. The molecule has 1 rings (SSSR count). The smallest absolute Gasteiger partial charge is 0.150 e. The maximum absolute atomic E-state index is 11.8. The van der Waals surface area contributed by atoms with Crippen LogP contribution in [0, 0.1) is 11.3 Å². The van der Waals surface area contributed by atoms with Gasteiger partial charge >= 0.3 is 0 Å². The summed E-state index contributed by atoms with van der Waals surface area (Å²) in [6, 6.07) is 0.468. The first-order valence-electron chi connectivity index (χ1n) is 7.23. The first-order valence-corrected chi connectivity index (χ1v) is 9.05. The summed E-state index contributed by atoms with van der Waals surface area (Å²) in [5.41, 5.74) is 0.158. The van der Waals surface area contributed by atoms with Crippen molar-refractivity contribution in [3.8, 4) is 0 Å². The zero-order valence-electron chi connectivity index (χ0n) is 12.3. The van der Waals surface area contributed by atoms with Gasteiger partial charge in [-0.2, -0.15) is 0 Å². The molecule has 0 aromatic heterocycles. The van der Waals surface area contributed by atoms with Crippen LogP contribution in [0.1, 0.15) is 53.4 Å². The topological polar surface area (TPSA) is 46.2 Å². The highest BCUT2D eigenvalue weighted by Crippen LogP contribution is 2.47. The summed E-state index contributed by atoms with van der Waals surface area (Å²) in [4.78, 5) is 0. The minimum absolute atomic E-state index is 0.158. The van der Waals surface area contributed by atoms with Crippen molar-refractivity contribution in [2.24, 2.45) is 11.3 Å². The van der Waals surface area contributed by atoms with Crippen molar-refractivity contribution >= 4 is 9.84 Å². The normalized spacial score (nSPS) is 20.1. The highest BCUT2D eigenvalue weighted by Gasteiger charge is 2.41. The largest absolute Gasteiger partial charge is 0.314 e. The lowest BCUT2D eigenvalue weighted by Crippen LogP contribution is -2.38. The van der Waals surface area contributed by atoms with Crippen LogP contribution in [0.5, 0.6) is 0 Å². The van der Waals surface area contributed by atoms with Crippen molar-refractivity contribution in [2.45, 2.75) is 59.4 Å². The molecule has 1 fully saturated rings. The van der Waals surface area contributed by atoms with E-state index in [2.05, 4.69) is 26.1 Å². The number of sulfone groups is 1. The van der Waals surface area contributed by atoms with Crippen molar-refractivity contribution < 1.29 is 8.42 Å². The van der Waals surface area contributed by atoms with Gasteiger partial charge in [0.2, 0.25) is 0 Å².